The van der Waals surface area contributed by atoms with Crippen molar-refractivity contribution in [1.29, 1.82) is 0 Å². The number of hydrogen-bond donors (Lipinski definition) is 1. The van der Waals surface area contributed by atoms with E-state index >= 15 is 0 Å². The highest BCUT2D eigenvalue weighted by molar-refractivity contribution is 5.98. The number of esters is 1. The van der Waals surface area contributed by atoms with Gasteiger partial charge in [-0.1, -0.05) is 24.3 Å². The summed E-state index contributed by atoms with van der Waals surface area (Å²) in [6, 6.07) is 9.78. The van der Waals surface area contributed by atoms with Crippen molar-refractivity contribution in [3.05, 3.63) is 53.3 Å². The van der Waals surface area contributed by atoms with Gasteiger partial charge in [-0.15, -0.1) is 0 Å². The van der Waals surface area contributed by atoms with Crippen LogP contribution >= 0.6 is 0 Å². The van der Waals surface area contributed by atoms with Crippen LogP contribution in [0.2, 0.25) is 0 Å². The molecule has 0 amide bonds. The lowest BCUT2D eigenvalue weighted by molar-refractivity contribution is 0.0601. The van der Waals surface area contributed by atoms with Crippen LogP contribution in [-0.4, -0.2) is 13.1 Å². The molecule has 0 unspecified atom stereocenters. The van der Waals surface area contributed by atoms with E-state index in [4.69, 9.17) is 10.5 Å². The first-order valence-electron chi connectivity index (χ1n) is 5.78. The maximum atomic E-state index is 14.2. The zero-order valence-electron chi connectivity index (χ0n) is 10.7. The third kappa shape index (κ3) is 2.42. The Bertz CT molecular complexity index is 638. The molecule has 0 saturated carbocycles. The Morgan fingerprint density at radius 2 is 1.95 bits per heavy atom. The Hall–Kier alpha value is -2.36. The SMILES string of the molecule is COC(=O)c1cc(N)ccc1-c1cccc(C)c1F. The van der Waals surface area contributed by atoms with Crippen molar-refractivity contribution in [2.24, 2.45) is 0 Å². The van der Waals surface area contributed by atoms with Gasteiger partial charge in [-0.2, -0.15) is 0 Å². The third-order valence-electron chi connectivity index (χ3n) is 2.93. The molecule has 0 heterocycles. The van der Waals surface area contributed by atoms with Gasteiger partial charge in [0.25, 0.3) is 0 Å². The van der Waals surface area contributed by atoms with Gasteiger partial charge in [-0.25, -0.2) is 9.18 Å². The van der Waals surface area contributed by atoms with E-state index in [2.05, 4.69) is 0 Å². The molecule has 2 rings (SSSR count). The van der Waals surface area contributed by atoms with Crippen LogP contribution in [-0.2, 0) is 4.74 Å². The number of carbonyl (C=O) groups excluding carboxylic acids is 1. The monoisotopic (exact) mass is 259 g/mol. The summed E-state index contributed by atoms with van der Waals surface area (Å²) in [5, 5.41) is 0. The van der Waals surface area contributed by atoms with Crippen LogP contribution < -0.4 is 5.73 Å². The van der Waals surface area contributed by atoms with Gasteiger partial charge in [0.2, 0.25) is 0 Å². The fourth-order valence-electron chi connectivity index (χ4n) is 1.93. The lowest BCUT2D eigenvalue weighted by atomic mass is 9.97. The van der Waals surface area contributed by atoms with E-state index in [1.807, 2.05) is 0 Å². The summed E-state index contributed by atoms with van der Waals surface area (Å²) in [7, 11) is 1.28. The average molecular weight is 259 g/mol. The molecule has 0 fully saturated rings. The highest BCUT2D eigenvalue weighted by Gasteiger charge is 2.17. The van der Waals surface area contributed by atoms with Gasteiger partial charge in [-0.05, 0) is 30.2 Å². The van der Waals surface area contributed by atoms with Crippen LogP contribution in [0.5, 0.6) is 0 Å². The van der Waals surface area contributed by atoms with E-state index in [1.165, 1.54) is 13.2 Å². The molecule has 0 radical (unpaired) electrons. The minimum Gasteiger partial charge on any atom is -0.465 e. The predicted molar refractivity (Wildman–Crippen MR) is 72.3 cm³/mol. The van der Waals surface area contributed by atoms with Crippen molar-refractivity contribution in [1.82, 2.24) is 0 Å². The average Bonchev–Trinajstić information content (AvgIpc) is 2.41. The normalized spacial score (nSPS) is 10.3. The van der Waals surface area contributed by atoms with E-state index in [0.29, 0.717) is 22.4 Å². The minimum atomic E-state index is -0.539. The fourth-order valence-corrected chi connectivity index (χ4v) is 1.93. The molecule has 4 heteroatoms. The van der Waals surface area contributed by atoms with Crippen molar-refractivity contribution >= 4 is 11.7 Å². The largest absolute Gasteiger partial charge is 0.465 e. The smallest absolute Gasteiger partial charge is 0.338 e. The summed E-state index contributed by atoms with van der Waals surface area (Å²) >= 11 is 0. The van der Waals surface area contributed by atoms with Gasteiger partial charge < -0.3 is 10.5 Å². The maximum Gasteiger partial charge on any atom is 0.338 e. The van der Waals surface area contributed by atoms with Crippen molar-refractivity contribution in [2.45, 2.75) is 6.92 Å². The van der Waals surface area contributed by atoms with Crippen LogP contribution in [0, 0.1) is 12.7 Å². The molecular formula is C15H14FNO2. The molecule has 19 heavy (non-hydrogen) atoms. The van der Waals surface area contributed by atoms with E-state index in [9.17, 15) is 9.18 Å². The minimum absolute atomic E-state index is 0.256. The zero-order chi connectivity index (χ0) is 14.0. The van der Waals surface area contributed by atoms with Crippen LogP contribution in [0.25, 0.3) is 11.1 Å². The molecule has 0 aliphatic rings. The number of methoxy groups -OCH3 is 1. The summed E-state index contributed by atoms with van der Waals surface area (Å²) in [5.74, 6) is -0.888. The highest BCUT2D eigenvalue weighted by Crippen LogP contribution is 2.29. The molecule has 2 aromatic rings. The van der Waals surface area contributed by atoms with E-state index in [1.54, 1.807) is 37.3 Å². The molecule has 2 aromatic carbocycles. The van der Waals surface area contributed by atoms with Crippen molar-refractivity contribution in [3.8, 4) is 11.1 Å². The van der Waals surface area contributed by atoms with E-state index in [-0.39, 0.29) is 11.4 Å². The lowest BCUT2D eigenvalue weighted by Crippen LogP contribution is -2.05. The summed E-state index contributed by atoms with van der Waals surface area (Å²) in [4.78, 5) is 11.8. The molecule has 98 valence electrons. The molecule has 0 saturated heterocycles. The zero-order valence-corrected chi connectivity index (χ0v) is 10.7. The summed E-state index contributed by atoms with van der Waals surface area (Å²) < 4.78 is 18.9. The first kappa shape index (κ1) is 13.1. The molecule has 0 aromatic heterocycles. The molecule has 0 bridgehead atoms. The third-order valence-corrected chi connectivity index (χ3v) is 2.93. The molecule has 0 atom stereocenters. The Morgan fingerprint density at radius 3 is 2.63 bits per heavy atom. The maximum absolute atomic E-state index is 14.2. The first-order valence-corrected chi connectivity index (χ1v) is 5.78. The number of aryl methyl sites for hydroxylation is 1. The van der Waals surface area contributed by atoms with E-state index in [0.717, 1.165) is 0 Å². The first-order chi connectivity index (χ1) is 9.04. The number of halogens is 1. The van der Waals surface area contributed by atoms with Gasteiger partial charge in [0.15, 0.2) is 0 Å². The van der Waals surface area contributed by atoms with Crippen molar-refractivity contribution in [2.75, 3.05) is 12.8 Å². The summed E-state index contributed by atoms with van der Waals surface area (Å²) in [5.41, 5.74) is 7.70. The molecule has 0 aliphatic carbocycles. The van der Waals surface area contributed by atoms with Crippen LogP contribution in [0.4, 0.5) is 10.1 Å². The van der Waals surface area contributed by atoms with Crippen molar-refractivity contribution < 1.29 is 13.9 Å². The van der Waals surface area contributed by atoms with E-state index < -0.39 is 5.97 Å². The van der Waals surface area contributed by atoms with Gasteiger partial charge >= 0.3 is 5.97 Å². The molecule has 0 spiro atoms. The van der Waals surface area contributed by atoms with Gasteiger partial charge in [0, 0.05) is 11.3 Å². The molecular weight excluding hydrogens is 245 g/mol. The van der Waals surface area contributed by atoms with Gasteiger partial charge in [-0.3, -0.25) is 0 Å². The fraction of sp³-hybridized carbons (Fsp3) is 0.133. The second-order valence-electron chi connectivity index (χ2n) is 4.23. The summed E-state index contributed by atoms with van der Waals surface area (Å²) in [6.45, 7) is 1.67. The van der Waals surface area contributed by atoms with Crippen molar-refractivity contribution in [3.63, 3.8) is 0 Å². The number of hydrogen-bond acceptors (Lipinski definition) is 3. The number of nitrogens with two attached hydrogens (primary N) is 1. The molecule has 0 aliphatic heterocycles. The number of ether oxygens (including phenoxy) is 1. The highest BCUT2D eigenvalue weighted by atomic mass is 19.1. The lowest BCUT2D eigenvalue weighted by Gasteiger charge is -2.11. The number of benzene rings is 2. The number of nitrogen functional groups attached to an aromatic ring is 1. The van der Waals surface area contributed by atoms with Crippen LogP contribution in [0.3, 0.4) is 0 Å². The second-order valence-corrected chi connectivity index (χ2v) is 4.23. The van der Waals surface area contributed by atoms with Gasteiger partial charge in [0.05, 0.1) is 12.7 Å². The quantitative estimate of drug-likeness (QED) is 0.665. The molecule has 3 nitrogen and oxygen atoms in total. The predicted octanol–water partition coefficient (Wildman–Crippen LogP) is 3.17. The van der Waals surface area contributed by atoms with Gasteiger partial charge in [0.1, 0.15) is 5.82 Å². The Labute approximate surface area is 110 Å². The number of rotatable bonds is 2. The number of carbonyl (C=O) groups is 1. The van der Waals surface area contributed by atoms with Crippen LogP contribution in [0.1, 0.15) is 15.9 Å². The Morgan fingerprint density at radius 1 is 1.21 bits per heavy atom. The standard InChI is InChI=1S/C15H14FNO2/c1-9-4-3-5-12(14(9)16)11-7-6-10(17)8-13(11)15(18)19-2/h3-8H,17H2,1-2H3. The number of anilines is 1. The summed E-state index contributed by atoms with van der Waals surface area (Å²) in [6.07, 6.45) is 0. The van der Waals surface area contributed by atoms with Crippen LogP contribution in [0.15, 0.2) is 36.4 Å². The Balaban J connectivity index is 2.68. The Kier molecular flexibility index (Phi) is 3.51. The topological polar surface area (TPSA) is 52.3 Å². The molecule has 2 N–H and O–H groups in total. The second kappa shape index (κ2) is 5.10.